The number of ether oxygens (including phenoxy) is 1. The number of methoxy groups -OCH3 is 1. The van der Waals surface area contributed by atoms with E-state index in [9.17, 15) is 4.79 Å². The van der Waals surface area contributed by atoms with Crippen LogP contribution in [0.1, 0.15) is 21.5 Å². The minimum absolute atomic E-state index is 0.0689. The Labute approximate surface area is 146 Å². The summed E-state index contributed by atoms with van der Waals surface area (Å²) in [5, 5.41) is 7.50. The lowest BCUT2D eigenvalue weighted by atomic mass is 10.1. The van der Waals surface area contributed by atoms with Gasteiger partial charge in [0.15, 0.2) is 0 Å². The number of benzene rings is 2. The molecule has 0 atom stereocenters. The number of rotatable bonds is 5. The van der Waals surface area contributed by atoms with Gasteiger partial charge in [-0.3, -0.25) is 4.79 Å². The molecule has 1 aromatic heterocycles. The molecule has 25 heavy (non-hydrogen) atoms. The lowest BCUT2D eigenvalue weighted by molar-refractivity contribution is 0.0784. The van der Waals surface area contributed by atoms with Crippen molar-refractivity contribution in [2.24, 2.45) is 0 Å². The Morgan fingerprint density at radius 2 is 1.96 bits per heavy atom. The zero-order chi connectivity index (χ0) is 17.8. The van der Waals surface area contributed by atoms with E-state index in [1.807, 2.05) is 25.1 Å². The first-order valence-corrected chi connectivity index (χ1v) is 7.84. The van der Waals surface area contributed by atoms with E-state index in [0.717, 1.165) is 22.4 Å². The highest BCUT2D eigenvalue weighted by atomic mass is 16.5. The molecular weight excluding hydrogens is 318 g/mol. The molecule has 0 fully saturated rings. The van der Waals surface area contributed by atoms with E-state index in [0.29, 0.717) is 18.0 Å². The van der Waals surface area contributed by atoms with Crippen LogP contribution < -0.4 is 4.74 Å². The van der Waals surface area contributed by atoms with Gasteiger partial charge in [-0.2, -0.15) is 0 Å². The molecule has 0 unspecified atom stereocenters. The van der Waals surface area contributed by atoms with Crippen LogP contribution in [0.25, 0.3) is 11.5 Å². The molecule has 0 spiro atoms. The Kier molecular flexibility index (Phi) is 4.79. The summed E-state index contributed by atoms with van der Waals surface area (Å²) in [6.07, 6.45) is 1.28. The number of amides is 1. The summed E-state index contributed by atoms with van der Waals surface area (Å²) >= 11 is 0. The van der Waals surface area contributed by atoms with Crippen LogP contribution in [-0.4, -0.2) is 35.2 Å². The van der Waals surface area contributed by atoms with E-state index in [1.165, 1.54) is 6.39 Å². The van der Waals surface area contributed by atoms with E-state index in [1.54, 1.807) is 43.3 Å². The van der Waals surface area contributed by atoms with E-state index in [-0.39, 0.29) is 5.91 Å². The lowest BCUT2D eigenvalue weighted by Crippen LogP contribution is -2.26. The minimum atomic E-state index is -0.0689. The number of aromatic nitrogens is 2. The summed E-state index contributed by atoms with van der Waals surface area (Å²) in [5.41, 5.74) is 3.47. The second kappa shape index (κ2) is 7.17. The number of hydrogen-bond acceptors (Lipinski definition) is 5. The van der Waals surface area contributed by atoms with E-state index >= 15 is 0 Å². The quantitative estimate of drug-likeness (QED) is 0.714. The number of hydrogen-bond donors (Lipinski definition) is 0. The highest BCUT2D eigenvalue weighted by Crippen LogP contribution is 2.22. The zero-order valence-electron chi connectivity index (χ0n) is 14.4. The molecule has 0 saturated carbocycles. The molecule has 0 saturated heterocycles. The summed E-state index contributed by atoms with van der Waals surface area (Å²) in [6, 6.07) is 13.0. The molecule has 0 N–H and O–H groups in total. The first kappa shape index (κ1) is 16.7. The van der Waals surface area contributed by atoms with Crippen LogP contribution >= 0.6 is 0 Å². The van der Waals surface area contributed by atoms with Crippen molar-refractivity contribution in [1.29, 1.82) is 0 Å². The number of aryl methyl sites for hydroxylation is 1. The molecule has 0 radical (unpaired) electrons. The molecule has 1 amide bonds. The molecular formula is C19H19N3O3. The summed E-state index contributed by atoms with van der Waals surface area (Å²) in [6.45, 7) is 2.48. The molecule has 6 heteroatoms. The third-order valence-corrected chi connectivity index (χ3v) is 3.93. The predicted molar refractivity (Wildman–Crippen MR) is 93.3 cm³/mol. The Morgan fingerprint density at radius 3 is 2.60 bits per heavy atom. The van der Waals surface area contributed by atoms with Gasteiger partial charge in [0.25, 0.3) is 5.91 Å². The highest BCUT2D eigenvalue weighted by Gasteiger charge is 2.15. The van der Waals surface area contributed by atoms with Crippen molar-refractivity contribution >= 4 is 5.91 Å². The molecule has 3 aromatic rings. The second-order valence-electron chi connectivity index (χ2n) is 5.80. The molecule has 0 aliphatic rings. The first-order chi connectivity index (χ1) is 12.1. The van der Waals surface area contributed by atoms with Crippen LogP contribution in [0.4, 0.5) is 0 Å². The van der Waals surface area contributed by atoms with Crippen LogP contribution in [-0.2, 0) is 6.54 Å². The molecule has 128 valence electrons. The molecule has 0 bridgehead atoms. The van der Waals surface area contributed by atoms with Crippen molar-refractivity contribution in [1.82, 2.24) is 15.1 Å². The molecule has 2 aromatic carbocycles. The fourth-order valence-electron chi connectivity index (χ4n) is 2.63. The smallest absolute Gasteiger partial charge is 0.253 e. The molecule has 0 aliphatic heterocycles. The van der Waals surface area contributed by atoms with Gasteiger partial charge in [-0.05, 0) is 37.3 Å². The monoisotopic (exact) mass is 337 g/mol. The summed E-state index contributed by atoms with van der Waals surface area (Å²) in [4.78, 5) is 14.3. The molecule has 1 heterocycles. The van der Waals surface area contributed by atoms with Gasteiger partial charge in [-0.1, -0.05) is 17.7 Å². The van der Waals surface area contributed by atoms with E-state index in [2.05, 4.69) is 10.2 Å². The topological polar surface area (TPSA) is 68.5 Å². The van der Waals surface area contributed by atoms with E-state index < -0.39 is 0 Å². The SMILES string of the molecule is COc1ccc(C)cc1CN(C)C(=O)c1ccc(-c2nnco2)cc1. The largest absolute Gasteiger partial charge is 0.496 e. The van der Waals surface area contributed by atoms with Gasteiger partial charge < -0.3 is 14.1 Å². The standard InChI is InChI=1S/C19H19N3O3/c1-13-4-9-17(24-3)16(10-13)11-22(2)19(23)15-7-5-14(6-8-15)18-21-20-12-25-18/h4-10,12H,11H2,1-3H3. The average Bonchev–Trinajstić information content (AvgIpc) is 3.16. The van der Waals surface area contributed by atoms with Gasteiger partial charge in [0, 0.05) is 30.3 Å². The van der Waals surface area contributed by atoms with E-state index in [4.69, 9.17) is 9.15 Å². The summed E-state index contributed by atoms with van der Waals surface area (Å²) in [7, 11) is 3.41. The van der Waals surface area contributed by atoms with Crippen molar-refractivity contribution in [3.63, 3.8) is 0 Å². The van der Waals surface area contributed by atoms with Crippen molar-refractivity contribution in [3.05, 3.63) is 65.5 Å². The van der Waals surface area contributed by atoms with Crippen LogP contribution in [0.2, 0.25) is 0 Å². The van der Waals surface area contributed by atoms with Gasteiger partial charge in [-0.25, -0.2) is 0 Å². The molecule has 6 nitrogen and oxygen atoms in total. The van der Waals surface area contributed by atoms with Gasteiger partial charge in [0.1, 0.15) is 5.75 Å². The fraction of sp³-hybridized carbons (Fsp3) is 0.211. The van der Waals surface area contributed by atoms with Gasteiger partial charge in [-0.15, -0.1) is 10.2 Å². The number of carbonyl (C=O) groups is 1. The normalized spacial score (nSPS) is 10.5. The maximum absolute atomic E-state index is 12.7. The Morgan fingerprint density at radius 1 is 1.20 bits per heavy atom. The predicted octanol–water partition coefficient (Wildman–Crippen LogP) is 3.33. The second-order valence-corrected chi connectivity index (χ2v) is 5.80. The Bertz CT molecular complexity index is 858. The lowest BCUT2D eigenvalue weighted by Gasteiger charge is -2.19. The van der Waals surface area contributed by atoms with Crippen LogP contribution in [0, 0.1) is 6.92 Å². The Balaban J connectivity index is 1.75. The van der Waals surface area contributed by atoms with Crippen LogP contribution in [0.5, 0.6) is 5.75 Å². The zero-order valence-corrected chi connectivity index (χ0v) is 14.4. The van der Waals surface area contributed by atoms with Crippen LogP contribution in [0.15, 0.2) is 53.3 Å². The third-order valence-electron chi connectivity index (χ3n) is 3.93. The summed E-state index contributed by atoms with van der Waals surface area (Å²) < 4.78 is 10.5. The van der Waals surface area contributed by atoms with Crippen molar-refractivity contribution in [2.75, 3.05) is 14.2 Å². The average molecular weight is 337 g/mol. The Hall–Kier alpha value is -3.15. The van der Waals surface area contributed by atoms with Crippen molar-refractivity contribution in [2.45, 2.75) is 13.5 Å². The molecule has 3 rings (SSSR count). The van der Waals surface area contributed by atoms with Gasteiger partial charge in [0.2, 0.25) is 12.3 Å². The van der Waals surface area contributed by atoms with Gasteiger partial charge >= 0.3 is 0 Å². The number of carbonyl (C=O) groups excluding carboxylic acids is 1. The van der Waals surface area contributed by atoms with Crippen LogP contribution in [0.3, 0.4) is 0 Å². The maximum atomic E-state index is 12.7. The highest BCUT2D eigenvalue weighted by molar-refractivity contribution is 5.94. The van der Waals surface area contributed by atoms with Gasteiger partial charge in [0.05, 0.1) is 7.11 Å². The fourth-order valence-corrected chi connectivity index (χ4v) is 2.63. The van der Waals surface area contributed by atoms with Crippen molar-refractivity contribution < 1.29 is 13.9 Å². The minimum Gasteiger partial charge on any atom is -0.496 e. The third kappa shape index (κ3) is 3.68. The molecule has 0 aliphatic carbocycles. The van der Waals surface area contributed by atoms with Crippen molar-refractivity contribution in [3.8, 4) is 17.2 Å². The maximum Gasteiger partial charge on any atom is 0.253 e. The first-order valence-electron chi connectivity index (χ1n) is 7.84. The summed E-state index contributed by atoms with van der Waals surface area (Å²) in [5.74, 6) is 1.13. The number of nitrogens with zero attached hydrogens (tertiary/aromatic N) is 3.